The Bertz CT molecular complexity index is 1420. The first-order valence-corrected chi connectivity index (χ1v) is 12.4. The fourth-order valence-electron chi connectivity index (χ4n) is 4.42. The topological polar surface area (TPSA) is 118 Å². The van der Waals surface area contributed by atoms with Gasteiger partial charge in [-0.05, 0) is 49.4 Å². The van der Waals surface area contributed by atoms with Crippen LogP contribution in [0.1, 0.15) is 6.42 Å². The van der Waals surface area contributed by atoms with Gasteiger partial charge in [0.15, 0.2) is 11.2 Å². The van der Waals surface area contributed by atoms with Crippen LogP contribution in [0.5, 0.6) is 11.6 Å². The molecule has 38 heavy (non-hydrogen) atoms. The number of imidazole rings is 1. The molecule has 1 saturated heterocycles. The molecule has 3 heterocycles. The molecule has 2 aromatic carbocycles. The van der Waals surface area contributed by atoms with Gasteiger partial charge in [0.25, 0.3) is 5.88 Å². The van der Waals surface area contributed by atoms with Crippen molar-refractivity contribution in [3.63, 3.8) is 0 Å². The zero-order valence-electron chi connectivity index (χ0n) is 21.1. The zero-order valence-corrected chi connectivity index (χ0v) is 21.1. The summed E-state index contributed by atoms with van der Waals surface area (Å²) in [4.78, 5) is 27.2. The van der Waals surface area contributed by atoms with Crippen molar-refractivity contribution in [1.82, 2.24) is 24.9 Å². The number of benzene rings is 2. The lowest BCUT2D eigenvalue weighted by molar-refractivity contribution is -0.111. The second-order valence-electron chi connectivity index (χ2n) is 8.78. The second kappa shape index (κ2) is 11.7. The molecule has 4 aromatic rings. The fraction of sp³-hybridized carbons (Fsp3) is 0.259. The monoisotopic (exact) mass is 514 g/mol. The third-order valence-electron chi connectivity index (χ3n) is 6.24. The van der Waals surface area contributed by atoms with E-state index in [1.165, 1.54) is 12.4 Å². The van der Waals surface area contributed by atoms with E-state index in [4.69, 9.17) is 9.47 Å². The van der Waals surface area contributed by atoms with Gasteiger partial charge in [-0.3, -0.25) is 10.2 Å². The van der Waals surface area contributed by atoms with Crippen molar-refractivity contribution >= 4 is 34.1 Å². The lowest BCUT2D eigenvalue weighted by atomic mass is 10.1. The smallest absolute Gasteiger partial charge is 0.251 e. The van der Waals surface area contributed by atoms with Crippen LogP contribution in [0.2, 0.25) is 0 Å². The van der Waals surface area contributed by atoms with Gasteiger partial charge in [-0.15, -0.1) is 0 Å². The maximum Gasteiger partial charge on any atom is 0.251 e. The number of methoxy groups -OCH3 is 1. The van der Waals surface area contributed by atoms with Crippen LogP contribution in [0, 0.1) is 0 Å². The average molecular weight is 515 g/mol. The number of anilines is 3. The van der Waals surface area contributed by atoms with Gasteiger partial charge in [0, 0.05) is 43.7 Å². The van der Waals surface area contributed by atoms with Crippen LogP contribution in [-0.4, -0.2) is 64.9 Å². The van der Waals surface area contributed by atoms with E-state index in [-0.39, 0.29) is 5.91 Å². The van der Waals surface area contributed by atoms with E-state index in [2.05, 4.69) is 54.6 Å². The predicted molar refractivity (Wildman–Crippen MR) is 147 cm³/mol. The van der Waals surface area contributed by atoms with Gasteiger partial charge < -0.3 is 25.0 Å². The van der Waals surface area contributed by atoms with E-state index < -0.39 is 0 Å². The van der Waals surface area contributed by atoms with Crippen LogP contribution in [0.25, 0.3) is 11.2 Å². The molecule has 0 spiro atoms. The molecule has 11 nitrogen and oxygen atoms in total. The van der Waals surface area contributed by atoms with Crippen molar-refractivity contribution in [3.8, 4) is 11.6 Å². The predicted octanol–water partition coefficient (Wildman–Crippen LogP) is 3.43. The summed E-state index contributed by atoms with van der Waals surface area (Å²) >= 11 is 0. The number of aromatic nitrogens is 4. The van der Waals surface area contributed by atoms with Crippen LogP contribution in [-0.2, 0) is 9.53 Å². The van der Waals surface area contributed by atoms with E-state index >= 15 is 0 Å². The molecule has 0 aliphatic carbocycles. The standard InChI is InChI=1S/C27H30N8O3/c1-3-24(36)32-19-6-5-9-23(15-19)38-27-25-26(29-17-30-27)35(18-31-25)33-20-7-4-8-21(14-20)34(12-13-37-2)22-10-11-28-16-22/h3-9,14-15,17-18,22,28,33H,1,10-13,16H2,2H3,(H,32,36). The van der Waals surface area contributed by atoms with E-state index in [0.29, 0.717) is 41.1 Å². The maximum atomic E-state index is 11.6. The summed E-state index contributed by atoms with van der Waals surface area (Å²) in [6, 6.07) is 15.7. The largest absolute Gasteiger partial charge is 0.437 e. The Morgan fingerprint density at radius 1 is 1.21 bits per heavy atom. The van der Waals surface area contributed by atoms with Crippen molar-refractivity contribution in [2.45, 2.75) is 12.5 Å². The van der Waals surface area contributed by atoms with Gasteiger partial charge in [0.1, 0.15) is 18.4 Å². The highest BCUT2D eigenvalue weighted by molar-refractivity contribution is 5.99. The Labute approximate surface area is 220 Å². The van der Waals surface area contributed by atoms with Crippen LogP contribution in [0.3, 0.4) is 0 Å². The summed E-state index contributed by atoms with van der Waals surface area (Å²) in [5, 5.41) is 6.16. The Hall–Kier alpha value is -4.48. The van der Waals surface area contributed by atoms with Crippen molar-refractivity contribution in [1.29, 1.82) is 0 Å². The highest BCUT2D eigenvalue weighted by Crippen LogP contribution is 2.28. The lowest BCUT2D eigenvalue weighted by Gasteiger charge is -2.31. The van der Waals surface area contributed by atoms with Crippen molar-refractivity contribution in [2.75, 3.05) is 49.0 Å². The summed E-state index contributed by atoms with van der Waals surface area (Å²) < 4.78 is 13.1. The first-order chi connectivity index (χ1) is 18.6. The van der Waals surface area contributed by atoms with Crippen LogP contribution < -0.4 is 25.7 Å². The number of amides is 1. The van der Waals surface area contributed by atoms with Crippen molar-refractivity contribution in [3.05, 3.63) is 73.8 Å². The third kappa shape index (κ3) is 5.74. The van der Waals surface area contributed by atoms with Crippen LogP contribution in [0.15, 0.2) is 73.8 Å². The molecular weight excluding hydrogens is 484 g/mol. The highest BCUT2D eigenvalue weighted by atomic mass is 16.5. The van der Waals surface area contributed by atoms with E-state index in [9.17, 15) is 4.79 Å². The third-order valence-corrected chi connectivity index (χ3v) is 6.24. The first kappa shape index (κ1) is 25.2. The number of rotatable bonds is 11. The van der Waals surface area contributed by atoms with Gasteiger partial charge in [-0.25, -0.2) is 14.6 Å². The lowest BCUT2D eigenvalue weighted by Crippen LogP contribution is -2.39. The molecule has 1 fully saturated rings. The molecule has 3 N–H and O–H groups in total. The number of nitrogens with zero attached hydrogens (tertiary/aromatic N) is 5. The molecule has 1 aliphatic heterocycles. The molecule has 5 rings (SSSR count). The van der Waals surface area contributed by atoms with Crippen LogP contribution >= 0.6 is 0 Å². The molecular formula is C27H30N8O3. The average Bonchev–Trinajstić information content (AvgIpc) is 3.61. The minimum atomic E-state index is -0.304. The Morgan fingerprint density at radius 3 is 2.89 bits per heavy atom. The molecule has 1 amide bonds. The van der Waals surface area contributed by atoms with E-state index in [0.717, 1.165) is 37.4 Å². The highest BCUT2D eigenvalue weighted by Gasteiger charge is 2.22. The molecule has 2 aromatic heterocycles. The molecule has 0 saturated carbocycles. The molecule has 1 unspecified atom stereocenters. The first-order valence-electron chi connectivity index (χ1n) is 12.4. The van der Waals surface area contributed by atoms with E-state index in [1.54, 1.807) is 42.4 Å². The van der Waals surface area contributed by atoms with Gasteiger partial charge in [-0.2, -0.15) is 4.98 Å². The fourth-order valence-corrected chi connectivity index (χ4v) is 4.42. The maximum absolute atomic E-state index is 11.6. The number of ether oxygens (including phenoxy) is 2. The second-order valence-corrected chi connectivity index (χ2v) is 8.78. The number of carbonyl (C=O) groups is 1. The van der Waals surface area contributed by atoms with Crippen LogP contribution in [0.4, 0.5) is 17.1 Å². The van der Waals surface area contributed by atoms with Gasteiger partial charge in [-0.1, -0.05) is 18.7 Å². The molecule has 0 bridgehead atoms. The summed E-state index contributed by atoms with van der Waals surface area (Å²) in [7, 11) is 1.73. The number of hydrogen-bond acceptors (Lipinski definition) is 9. The number of nitrogens with one attached hydrogen (secondary N) is 3. The summed E-state index contributed by atoms with van der Waals surface area (Å²) in [5.41, 5.74) is 7.02. The minimum absolute atomic E-state index is 0.302. The number of fused-ring (bicyclic) bond motifs is 1. The molecule has 1 atom stereocenters. The SMILES string of the molecule is C=CC(=O)Nc1cccc(Oc2ncnc3c2ncn3Nc2cccc(N(CCOC)C3CCNC3)c2)c1. The van der Waals surface area contributed by atoms with Crippen molar-refractivity contribution in [2.24, 2.45) is 0 Å². The Kier molecular flexibility index (Phi) is 7.76. The summed E-state index contributed by atoms with van der Waals surface area (Å²) in [6.07, 6.45) is 5.37. The summed E-state index contributed by atoms with van der Waals surface area (Å²) in [5.74, 6) is 0.498. The molecule has 11 heteroatoms. The van der Waals surface area contributed by atoms with Crippen molar-refractivity contribution < 1.29 is 14.3 Å². The van der Waals surface area contributed by atoms with Gasteiger partial charge in [0.05, 0.1) is 12.3 Å². The van der Waals surface area contributed by atoms with E-state index in [1.807, 2.05) is 12.1 Å². The molecule has 196 valence electrons. The summed E-state index contributed by atoms with van der Waals surface area (Å²) in [6.45, 7) is 6.91. The quantitative estimate of drug-likeness (QED) is 0.259. The van der Waals surface area contributed by atoms with Gasteiger partial charge in [0.2, 0.25) is 5.91 Å². The molecule has 0 radical (unpaired) electrons. The minimum Gasteiger partial charge on any atom is -0.437 e. The molecule has 1 aliphatic rings. The van der Waals surface area contributed by atoms with Gasteiger partial charge >= 0.3 is 0 Å². The Balaban J connectivity index is 1.36. The zero-order chi connectivity index (χ0) is 26.3. The number of hydrogen-bond donors (Lipinski definition) is 3. The number of carbonyl (C=O) groups excluding carboxylic acids is 1. The normalized spacial score (nSPS) is 14.8. The Morgan fingerprint density at radius 2 is 2.08 bits per heavy atom.